The van der Waals surface area contributed by atoms with Crippen LogP contribution in [0.2, 0.25) is 0 Å². The van der Waals surface area contributed by atoms with E-state index >= 15 is 0 Å². The van der Waals surface area contributed by atoms with Crippen molar-refractivity contribution >= 4 is 11.9 Å². The molecule has 0 atom stereocenters. The van der Waals surface area contributed by atoms with E-state index in [0.29, 0.717) is 6.61 Å². The maximum atomic E-state index is 10.6. The number of carbonyl (C=O) groups excluding carboxylic acids is 1. The van der Waals surface area contributed by atoms with Crippen molar-refractivity contribution in [1.82, 2.24) is 0 Å². The van der Waals surface area contributed by atoms with Gasteiger partial charge in [-0.3, -0.25) is 4.79 Å². The highest BCUT2D eigenvalue weighted by molar-refractivity contribution is 6.08. The Labute approximate surface area is 70.5 Å². The Hall–Kier alpha value is -1.57. The predicted octanol–water partition coefficient (Wildman–Crippen LogP) is 1.66. The van der Waals surface area contributed by atoms with E-state index in [1.54, 1.807) is 6.08 Å². The van der Waals surface area contributed by atoms with Crippen molar-refractivity contribution in [3.05, 3.63) is 35.9 Å². The number of aldehydes is 1. The van der Waals surface area contributed by atoms with Gasteiger partial charge in [-0.25, -0.2) is 0 Å². The molecule has 0 aromatic heterocycles. The first-order chi connectivity index (χ1) is 5.92. The van der Waals surface area contributed by atoms with Gasteiger partial charge >= 0.3 is 0 Å². The van der Waals surface area contributed by atoms with Crippen molar-refractivity contribution in [2.75, 3.05) is 6.61 Å². The predicted molar refractivity (Wildman–Crippen MR) is 46.0 cm³/mol. The molecular weight excluding hydrogens is 152 g/mol. The summed E-state index contributed by atoms with van der Waals surface area (Å²) in [5.41, 5.74) is 1.61. The van der Waals surface area contributed by atoms with Gasteiger partial charge in [-0.1, -0.05) is 18.2 Å². The standard InChI is InChI=1S/C10H8O2/c11-7-8-5-6-12-10-4-2-1-3-9(8)10/h1-5,7H,6H2. The van der Waals surface area contributed by atoms with Crippen LogP contribution in [0.15, 0.2) is 30.3 Å². The first kappa shape index (κ1) is 7.10. The summed E-state index contributed by atoms with van der Waals surface area (Å²) in [6.45, 7) is 0.491. The molecule has 0 saturated carbocycles. The Balaban J connectivity index is 2.55. The molecular formula is C10H8O2. The van der Waals surface area contributed by atoms with Crippen molar-refractivity contribution in [1.29, 1.82) is 0 Å². The zero-order valence-electron chi connectivity index (χ0n) is 6.49. The summed E-state index contributed by atoms with van der Waals surface area (Å²) >= 11 is 0. The van der Waals surface area contributed by atoms with Crippen LogP contribution in [-0.4, -0.2) is 12.9 Å². The summed E-state index contributed by atoms with van der Waals surface area (Å²) in [5, 5.41) is 0. The Bertz CT molecular complexity index is 339. The molecule has 1 aliphatic rings. The molecule has 0 bridgehead atoms. The van der Waals surface area contributed by atoms with Crippen LogP contribution < -0.4 is 4.74 Å². The lowest BCUT2D eigenvalue weighted by atomic mass is 10.0. The number of carbonyl (C=O) groups is 1. The van der Waals surface area contributed by atoms with Crippen LogP contribution in [0.25, 0.3) is 5.57 Å². The van der Waals surface area contributed by atoms with Gasteiger partial charge in [-0.05, 0) is 12.1 Å². The molecule has 2 heteroatoms. The van der Waals surface area contributed by atoms with Gasteiger partial charge in [-0.2, -0.15) is 0 Å². The summed E-state index contributed by atoms with van der Waals surface area (Å²) < 4.78 is 5.32. The Kier molecular flexibility index (Phi) is 1.67. The third kappa shape index (κ3) is 1.01. The molecule has 0 fully saturated rings. The second kappa shape index (κ2) is 2.81. The molecule has 1 aliphatic heterocycles. The van der Waals surface area contributed by atoms with Crippen molar-refractivity contribution in [3.8, 4) is 5.75 Å². The number of fused-ring (bicyclic) bond motifs is 1. The average molecular weight is 160 g/mol. The number of hydrogen-bond acceptors (Lipinski definition) is 2. The first-order valence-corrected chi connectivity index (χ1v) is 3.79. The smallest absolute Gasteiger partial charge is 0.150 e. The lowest BCUT2D eigenvalue weighted by Crippen LogP contribution is -2.04. The monoisotopic (exact) mass is 160 g/mol. The van der Waals surface area contributed by atoms with Crippen LogP contribution in [0.5, 0.6) is 5.75 Å². The molecule has 0 amide bonds. The zero-order chi connectivity index (χ0) is 8.39. The summed E-state index contributed by atoms with van der Waals surface area (Å²) in [6, 6.07) is 7.54. The lowest BCUT2D eigenvalue weighted by molar-refractivity contribution is -0.103. The van der Waals surface area contributed by atoms with Gasteiger partial charge in [0, 0.05) is 11.1 Å². The summed E-state index contributed by atoms with van der Waals surface area (Å²) in [6.07, 6.45) is 2.65. The normalized spacial score (nSPS) is 14.2. The van der Waals surface area contributed by atoms with Crippen LogP contribution in [-0.2, 0) is 4.79 Å². The average Bonchev–Trinajstić information content (AvgIpc) is 2.17. The SMILES string of the molecule is O=CC1=CCOc2ccccc21. The molecule has 0 spiro atoms. The van der Waals surface area contributed by atoms with Crippen LogP contribution in [0.4, 0.5) is 0 Å². The minimum absolute atomic E-state index is 0.491. The van der Waals surface area contributed by atoms with Crippen LogP contribution in [0, 0.1) is 0 Å². The fourth-order valence-electron chi connectivity index (χ4n) is 1.27. The molecule has 0 aliphatic carbocycles. The van der Waals surface area contributed by atoms with E-state index in [9.17, 15) is 4.79 Å². The summed E-state index contributed by atoms with van der Waals surface area (Å²) in [7, 11) is 0. The Morgan fingerprint density at radius 3 is 3.00 bits per heavy atom. The third-order valence-corrected chi connectivity index (χ3v) is 1.87. The molecule has 1 heterocycles. The van der Waals surface area contributed by atoms with Gasteiger partial charge in [0.15, 0.2) is 6.29 Å². The molecule has 0 unspecified atom stereocenters. The van der Waals surface area contributed by atoms with Gasteiger partial charge in [0.25, 0.3) is 0 Å². The van der Waals surface area contributed by atoms with E-state index in [1.807, 2.05) is 24.3 Å². The minimum atomic E-state index is 0.491. The lowest BCUT2D eigenvalue weighted by Gasteiger charge is -2.14. The molecule has 2 nitrogen and oxygen atoms in total. The summed E-state index contributed by atoms with van der Waals surface area (Å²) in [4.78, 5) is 10.6. The fourth-order valence-corrected chi connectivity index (χ4v) is 1.27. The largest absolute Gasteiger partial charge is 0.489 e. The number of ether oxygens (including phenoxy) is 1. The number of hydrogen-bond donors (Lipinski definition) is 0. The van der Waals surface area contributed by atoms with E-state index in [2.05, 4.69) is 0 Å². The van der Waals surface area contributed by atoms with Gasteiger partial charge in [-0.15, -0.1) is 0 Å². The van der Waals surface area contributed by atoms with Crippen LogP contribution in [0.1, 0.15) is 5.56 Å². The second-order valence-electron chi connectivity index (χ2n) is 2.58. The molecule has 0 saturated heterocycles. The maximum absolute atomic E-state index is 10.6. The Morgan fingerprint density at radius 1 is 1.33 bits per heavy atom. The Morgan fingerprint density at radius 2 is 2.17 bits per heavy atom. The topological polar surface area (TPSA) is 26.3 Å². The quantitative estimate of drug-likeness (QED) is 0.584. The number of benzene rings is 1. The van der Waals surface area contributed by atoms with Crippen LogP contribution in [0.3, 0.4) is 0 Å². The summed E-state index contributed by atoms with van der Waals surface area (Å²) in [5.74, 6) is 0.794. The third-order valence-electron chi connectivity index (χ3n) is 1.87. The van der Waals surface area contributed by atoms with E-state index in [4.69, 9.17) is 4.74 Å². The van der Waals surface area contributed by atoms with Gasteiger partial charge < -0.3 is 4.74 Å². The zero-order valence-corrected chi connectivity index (χ0v) is 6.49. The molecule has 0 N–H and O–H groups in total. The second-order valence-corrected chi connectivity index (χ2v) is 2.58. The van der Waals surface area contributed by atoms with Crippen molar-refractivity contribution < 1.29 is 9.53 Å². The molecule has 1 aromatic rings. The van der Waals surface area contributed by atoms with E-state index in [1.165, 1.54) is 0 Å². The minimum Gasteiger partial charge on any atom is -0.489 e. The molecule has 12 heavy (non-hydrogen) atoms. The van der Waals surface area contributed by atoms with Gasteiger partial charge in [0.2, 0.25) is 0 Å². The molecule has 2 rings (SSSR count). The van der Waals surface area contributed by atoms with Crippen LogP contribution >= 0.6 is 0 Å². The highest BCUT2D eigenvalue weighted by Crippen LogP contribution is 2.27. The molecule has 1 aromatic carbocycles. The molecule has 0 radical (unpaired) electrons. The van der Waals surface area contributed by atoms with Gasteiger partial charge in [0.05, 0.1) is 0 Å². The number of allylic oxidation sites excluding steroid dienone is 1. The van der Waals surface area contributed by atoms with Crippen molar-refractivity contribution in [2.45, 2.75) is 0 Å². The highest BCUT2D eigenvalue weighted by atomic mass is 16.5. The highest BCUT2D eigenvalue weighted by Gasteiger charge is 2.10. The maximum Gasteiger partial charge on any atom is 0.150 e. The number of rotatable bonds is 1. The fraction of sp³-hybridized carbons (Fsp3) is 0.100. The first-order valence-electron chi connectivity index (χ1n) is 3.79. The van der Waals surface area contributed by atoms with Crippen molar-refractivity contribution in [2.24, 2.45) is 0 Å². The number of para-hydroxylation sites is 1. The van der Waals surface area contributed by atoms with Gasteiger partial charge in [0.1, 0.15) is 12.4 Å². The van der Waals surface area contributed by atoms with E-state index < -0.39 is 0 Å². The van der Waals surface area contributed by atoms with E-state index in [-0.39, 0.29) is 0 Å². The van der Waals surface area contributed by atoms with E-state index in [0.717, 1.165) is 23.2 Å². The molecule has 60 valence electrons. The van der Waals surface area contributed by atoms with Crippen molar-refractivity contribution in [3.63, 3.8) is 0 Å².